The van der Waals surface area contributed by atoms with Gasteiger partial charge in [0.15, 0.2) is 0 Å². The SMILES string of the molecule is O=C(CSc1nc(CN2CCOCC2)nc2ccccc12)Nc1ccc([N+](=O)[O-])cc1Cl. The minimum atomic E-state index is -0.540. The number of nitro benzene ring substituents is 1. The van der Waals surface area contributed by atoms with E-state index in [4.69, 9.17) is 21.3 Å². The van der Waals surface area contributed by atoms with E-state index in [0.717, 1.165) is 29.0 Å². The lowest BCUT2D eigenvalue weighted by Gasteiger charge is -2.25. The molecular formula is C21H20ClN5O4S. The fraction of sp³-hybridized carbons (Fsp3) is 0.286. The van der Waals surface area contributed by atoms with Gasteiger partial charge in [-0.3, -0.25) is 19.8 Å². The van der Waals surface area contributed by atoms with Crippen molar-refractivity contribution >= 4 is 51.5 Å². The number of ether oxygens (including phenoxy) is 1. The van der Waals surface area contributed by atoms with Gasteiger partial charge in [0.25, 0.3) is 5.69 Å². The zero-order valence-corrected chi connectivity index (χ0v) is 18.6. The number of non-ortho nitro benzene ring substituents is 1. The van der Waals surface area contributed by atoms with Crippen molar-refractivity contribution < 1.29 is 14.5 Å². The quantitative estimate of drug-likeness (QED) is 0.239. The lowest BCUT2D eigenvalue weighted by molar-refractivity contribution is -0.384. The van der Waals surface area contributed by atoms with Crippen LogP contribution in [0.4, 0.5) is 11.4 Å². The number of thioether (sulfide) groups is 1. The maximum atomic E-state index is 12.5. The standard InChI is InChI=1S/C21H20ClN5O4S/c22-16-11-14(27(29)30)5-6-18(16)24-20(28)13-32-21-15-3-1-2-4-17(15)23-19(25-21)12-26-7-9-31-10-8-26/h1-6,11H,7-10,12-13H2,(H,24,28). The highest BCUT2D eigenvalue weighted by Gasteiger charge is 2.16. The van der Waals surface area contributed by atoms with E-state index in [1.165, 1.54) is 30.0 Å². The van der Waals surface area contributed by atoms with Crippen LogP contribution in [-0.4, -0.2) is 57.8 Å². The van der Waals surface area contributed by atoms with Crippen LogP contribution in [-0.2, 0) is 16.1 Å². The predicted octanol–water partition coefficient (Wildman–Crippen LogP) is 3.75. The molecule has 32 heavy (non-hydrogen) atoms. The summed E-state index contributed by atoms with van der Waals surface area (Å²) in [7, 11) is 0. The maximum absolute atomic E-state index is 12.5. The molecule has 9 nitrogen and oxygen atoms in total. The van der Waals surface area contributed by atoms with Crippen molar-refractivity contribution in [2.45, 2.75) is 11.6 Å². The lowest BCUT2D eigenvalue weighted by atomic mass is 10.2. The smallest absolute Gasteiger partial charge is 0.271 e. The summed E-state index contributed by atoms with van der Waals surface area (Å²) in [6.45, 7) is 3.67. The van der Waals surface area contributed by atoms with E-state index in [0.29, 0.717) is 31.3 Å². The van der Waals surface area contributed by atoms with Crippen LogP contribution in [0.15, 0.2) is 47.5 Å². The molecule has 0 radical (unpaired) electrons. The van der Waals surface area contributed by atoms with Crippen LogP contribution in [0.25, 0.3) is 10.9 Å². The Hall–Kier alpha value is -2.79. The molecule has 0 bridgehead atoms. The number of anilines is 1. The first-order valence-corrected chi connectivity index (χ1v) is 11.3. The second-order valence-corrected chi connectivity index (χ2v) is 8.48. The fourth-order valence-electron chi connectivity index (χ4n) is 3.27. The van der Waals surface area contributed by atoms with Crippen LogP contribution in [0.2, 0.25) is 5.02 Å². The van der Waals surface area contributed by atoms with Crippen molar-refractivity contribution in [3.63, 3.8) is 0 Å². The molecule has 1 aromatic heterocycles. The maximum Gasteiger partial charge on any atom is 0.271 e. The Kier molecular flexibility index (Phi) is 7.15. The molecule has 0 aliphatic carbocycles. The van der Waals surface area contributed by atoms with E-state index in [1.54, 1.807) is 0 Å². The molecular weight excluding hydrogens is 454 g/mol. The number of benzene rings is 2. The Morgan fingerprint density at radius 1 is 1.22 bits per heavy atom. The molecule has 2 heterocycles. The first-order chi connectivity index (χ1) is 15.5. The van der Waals surface area contributed by atoms with E-state index in [2.05, 4.69) is 15.2 Å². The molecule has 4 rings (SSSR count). The molecule has 2 aromatic carbocycles. The largest absolute Gasteiger partial charge is 0.379 e. The summed E-state index contributed by atoms with van der Waals surface area (Å²) in [5.74, 6) is 0.515. The van der Waals surface area contributed by atoms with Crippen LogP contribution in [0, 0.1) is 10.1 Å². The number of hydrogen-bond donors (Lipinski definition) is 1. The van der Waals surface area contributed by atoms with Gasteiger partial charge in [0.1, 0.15) is 10.9 Å². The zero-order chi connectivity index (χ0) is 22.5. The summed E-state index contributed by atoms with van der Waals surface area (Å²) in [4.78, 5) is 34.4. The van der Waals surface area contributed by atoms with Crippen molar-refractivity contribution in [2.75, 3.05) is 37.4 Å². The minimum Gasteiger partial charge on any atom is -0.379 e. The number of amides is 1. The summed E-state index contributed by atoms with van der Waals surface area (Å²) < 4.78 is 5.40. The van der Waals surface area contributed by atoms with Crippen molar-refractivity contribution in [3.05, 3.63) is 63.4 Å². The molecule has 1 fully saturated rings. The number of nitrogens with one attached hydrogen (secondary N) is 1. The topological polar surface area (TPSA) is 110 Å². The van der Waals surface area contributed by atoms with Gasteiger partial charge < -0.3 is 10.1 Å². The number of nitrogens with zero attached hydrogens (tertiary/aromatic N) is 4. The van der Waals surface area contributed by atoms with Gasteiger partial charge in [0.2, 0.25) is 5.91 Å². The molecule has 0 saturated carbocycles. The molecule has 1 aliphatic heterocycles. The average molecular weight is 474 g/mol. The number of carbonyl (C=O) groups excluding carboxylic acids is 1. The summed E-state index contributed by atoms with van der Waals surface area (Å²) in [5, 5.41) is 15.3. The molecule has 11 heteroatoms. The van der Waals surface area contributed by atoms with Crippen molar-refractivity contribution in [1.82, 2.24) is 14.9 Å². The van der Waals surface area contributed by atoms with Gasteiger partial charge in [-0.1, -0.05) is 41.6 Å². The first-order valence-electron chi connectivity index (χ1n) is 9.92. The average Bonchev–Trinajstić information content (AvgIpc) is 2.79. The van der Waals surface area contributed by atoms with Gasteiger partial charge >= 0.3 is 0 Å². The number of rotatable bonds is 7. The molecule has 1 N–H and O–H groups in total. The highest BCUT2D eigenvalue weighted by atomic mass is 35.5. The molecule has 0 spiro atoms. The van der Waals surface area contributed by atoms with Gasteiger partial charge in [0.05, 0.1) is 46.7 Å². The zero-order valence-electron chi connectivity index (χ0n) is 17.0. The summed E-state index contributed by atoms with van der Waals surface area (Å²) in [5.41, 5.74) is 1.01. The summed E-state index contributed by atoms with van der Waals surface area (Å²) in [6, 6.07) is 11.6. The number of para-hydroxylation sites is 1. The number of aromatic nitrogens is 2. The third kappa shape index (κ3) is 5.52. The highest BCUT2D eigenvalue weighted by Crippen LogP contribution is 2.28. The van der Waals surface area contributed by atoms with Crippen LogP contribution in [0.3, 0.4) is 0 Å². The molecule has 1 amide bonds. The van der Waals surface area contributed by atoms with Crippen molar-refractivity contribution in [3.8, 4) is 0 Å². The van der Waals surface area contributed by atoms with Crippen molar-refractivity contribution in [2.24, 2.45) is 0 Å². The van der Waals surface area contributed by atoms with E-state index in [9.17, 15) is 14.9 Å². The lowest BCUT2D eigenvalue weighted by Crippen LogP contribution is -2.36. The number of fused-ring (bicyclic) bond motifs is 1. The number of carbonyl (C=O) groups is 1. The van der Waals surface area contributed by atoms with E-state index >= 15 is 0 Å². The predicted molar refractivity (Wildman–Crippen MR) is 123 cm³/mol. The van der Waals surface area contributed by atoms with E-state index in [-0.39, 0.29) is 22.4 Å². The Balaban J connectivity index is 1.47. The van der Waals surface area contributed by atoms with Gasteiger partial charge in [0, 0.05) is 30.6 Å². The summed E-state index contributed by atoms with van der Waals surface area (Å²) >= 11 is 7.38. The van der Waals surface area contributed by atoms with Gasteiger partial charge in [-0.05, 0) is 12.1 Å². The third-order valence-corrected chi connectivity index (χ3v) is 6.16. The van der Waals surface area contributed by atoms with Crippen molar-refractivity contribution in [1.29, 1.82) is 0 Å². The molecule has 3 aromatic rings. The van der Waals surface area contributed by atoms with Crippen LogP contribution in [0.1, 0.15) is 5.82 Å². The minimum absolute atomic E-state index is 0.102. The Morgan fingerprint density at radius 3 is 2.75 bits per heavy atom. The van der Waals surface area contributed by atoms with E-state index < -0.39 is 4.92 Å². The number of morpholine rings is 1. The highest BCUT2D eigenvalue weighted by molar-refractivity contribution is 8.00. The van der Waals surface area contributed by atoms with Crippen LogP contribution >= 0.6 is 23.4 Å². The number of halogens is 1. The Morgan fingerprint density at radius 2 is 2.00 bits per heavy atom. The molecule has 1 saturated heterocycles. The molecule has 166 valence electrons. The van der Waals surface area contributed by atoms with Gasteiger partial charge in [-0.2, -0.15) is 0 Å². The van der Waals surface area contributed by atoms with Crippen LogP contribution in [0.5, 0.6) is 0 Å². The first kappa shape index (κ1) is 22.4. The summed E-state index contributed by atoms with van der Waals surface area (Å²) in [6.07, 6.45) is 0. The molecule has 0 atom stereocenters. The Bertz CT molecular complexity index is 1160. The van der Waals surface area contributed by atoms with Gasteiger partial charge in [-0.15, -0.1) is 0 Å². The van der Waals surface area contributed by atoms with E-state index in [1.807, 2.05) is 24.3 Å². The second-order valence-electron chi connectivity index (χ2n) is 7.11. The van der Waals surface area contributed by atoms with Crippen LogP contribution < -0.4 is 5.32 Å². The molecule has 1 aliphatic rings. The number of hydrogen-bond acceptors (Lipinski definition) is 8. The second kappa shape index (κ2) is 10.2. The Labute approximate surface area is 193 Å². The molecule has 0 unspecified atom stereocenters. The fourth-order valence-corrected chi connectivity index (χ4v) is 4.33. The normalized spacial score (nSPS) is 14.4. The number of nitro groups is 1. The van der Waals surface area contributed by atoms with Gasteiger partial charge in [-0.25, -0.2) is 9.97 Å². The monoisotopic (exact) mass is 473 g/mol. The third-order valence-electron chi connectivity index (χ3n) is 4.86.